The first-order valence-electron chi connectivity index (χ1n) is 11.0. The summed E-state index contributed by atoms with van der Waals surface area (Å²) in [6.07, 6.45) is 6.04. The third-order valence-electron chi connectivity index (χ3n) is 5.00. The molecule has 32 heavy (non-hydrogen) atoms. The number of benzene rings is 1. The van der Waals surface area contributed by atoms with Crippen molar-refractivity contribution in [3.8, 4) is 0 Å². The highest BCUT2D eigenvalue weighted by Gasteiger charge is 2.22. The fourth-order valence-corrected chi connectivity index (χ4v) is 5.01. The normalized spacial score (nSPS) is 14.4. The van der Waals surface area contributed by atoms with E-state index in [-0.39, 0.29) is 11.6 Å². The lowest BCUT2D eigenvalue weighted by molar-refractivity contribution is 0.104. The van der Waals surface area contributed by atoms with Gasteiger partial charge in [0.2, 0.25) is 5.78 Å². The van der Waals surface area contributed by atoms with E-state index in [2.05, 4.69) is 24.1 Å². The van der Waals surface area contributed by atoms with Gasteiger partial charge in [0, 0.05) is 23.9 Å². The number of rotatable bonds is 8. The van der Waals surface area contributed by atoms with Crippen molar-refractivity contribution < 1.29 is 4.79 Å². The first kappa shape index (κ1) is 26.9. The molecule has 0 spiro atoms. The molecule has 178 valence electrons. The summed E-state index contributed by atoms with van der Waals surface area (Å²) < 4.78 is 0. The summed E-state index contributed by atoms with van der Waals surface area (Å²) in [7, 11) is 3.97. The monoisotopic (exact) mass is 497 g/mol. The van der Waals surface area contributed by atoms with Crippen LogP contribution in [0.1, 0.15) is 66.8 Å². The molecule has 0 aliphatic heterocycles. The number of nitrogens with one attached hydrogen (secondary N) is 1. The van der Waals surface area contributed by atoms with Crippen molar-refractivity contribution in [1.29, 1.82) is 0 Å². The van der Waals surface area contributed by atoms with Crippen LogP contribution in [0.4, 0.5) is 10.9 Å². The van der Waals surface area contributed by atoms with E-state index in [0.29, 0.717) is 21.5 Å². The Bertz CT molecular complexity index is 866. The molecule has 0 bridgehead atoms. The van der Waals surface area contributed by atoms with E-state index >= 15 is 0 Å². The second-order valence-corrected chi connectivity index (χ2v) is 10.9. The standard InChI is InChI=1S/C19H25ClN4OS.C4H11NS/c1-24(2)11-12-8-9-15(20)14(10-12)16(25)17-18(21)23-19(26-17)22-13-6-4-3-5-7-13;1-4(2)3-6-5/h8-10,13H,3-7,11,21H2,1-2H3,(H,22,23);4H,3,5H2,1-2H3. The van der Waals surface area contributed by atoms with Crippen LogP contribution in [-0.2, 0) is 6.54 Å². The van der Waals surface area contributed by atoms with Crippen LogP contribution in [0.3, 0.4) is 0 Å². The minimum atomic E-state index is -0.165. The number of carbonyl (C=O) groups excluding carboxylic acids is 1. The molecule has 2 aromatic rings. The number of aromatic nitrogens is 1. The highest BCUT2D eigenvalue weighted by atomic mass is 35.5. The summed E-state index contributed by atoms with van der Waals surface area (Å²) in [6, 6.07) is 5.97. The number of nitrogen functional groups attached to an aromatic ring is 1. The average molecular weight is 498 g/mol. The highest BCUT2D eigenvalue weighted by Crippen LogP contribution is 2.32. The van der Waals surface area contributed by atoms with Crippen LogP contribution in [-0.4, -0.2) is 41.6 Å². The van der Waals surface area contributed by atoms with E-state index < -0.39 is 0 Å². The Balaban J connectivity index is 0.000000534. The molecule has 0 unspecified atom stereocenters. The zero-order chi connectivity index (χ0) is 23.7. The molecule has 1 aromatic heterocycles. The summed E-state index contributed by atoms with van der Waals surface area (Å²) >= 11 is 9.01. The molecule has 1 aromatic carbocycles. The van der Waals surface area contributed by atoms with Crippen LogP contribution < -0.4 is 16.2 Å². The van der Waals surface area contributed by atoms with Gasteiger partial charge in [-0.1, -0.05) is 74.1 Å². The van der Waals surface area contributed by atoms with Gasteiger partial charge in [0.1, 0.15) is 10.7 Å². The van der Waals surface area contributed by atoms with Crippen molar-refractivity contribution in [2.75, 3.05) is 30.9 Å². The molecule has 0 radical (unpaired) electrons. The van der Waals surface area contributed by atoms with Gasteiger partial charge in [0.05, 0.1) is 5.02 Å². The molecule has 1 fully saturated rings. The fourth-order valence-electron chi connectivity index (χ4n) is 3.50. The van der Waals surface area contributed by atoms with Crippen LogP contribution in [0.15, 0.2) is 18.2 Å². The highest BCUT2D eigenvalue weighted by molar-refractivity contribution is 7.97. The van der Waals surface area contributed by atoms with Gasteiger partial charge in [0.25, 0.3) is 0 Å². The first-order chi connectivity index (χ1) is 15.2. The molecule has 9 heteroatoms. The van der Waals surface area contributed by atoms with Crippen LogP contribution >= 0.6 is 34.9 Å². The van der Waals surface area contributed by atoms with Crippen molar-refractivity contribution in [3.05, 3.63) is 39.2 Å². The minimum absolute atomic E-state index is 0.165. The van der Waals surface area contributed by atoms with E-state index in [9.17, 15) is 4.79 Å². The largest absolute Gasteiger partial charge is 0.382 e. The fraction of sp³-hybridized carbons (Fsp3) is 0.565. The van der Waals surface area contributed by atoms with Crippen molar-refractivity contribution in [2.24, 2.45) is 11.1 Å². The molecule has 5 N–H and O–H groups in total. The predicted molar refractivity (Wildman–Crippen MR) is 141 cm³/mol. The maximum atomic E-state index is 13.0. The molecule has 1 aliphatic carbocycles. The van der Waals surface area contributed by atoms with Crippen LogP contribution in [0, 0.1) is 5.92 Å². The van der Waals surface area contributed by atoms with E-state index in [0.717, 1.165) is 41.8 Å². The molecule has 0 amide bonds. The lowest BCUT2D eigenvalue weighted by Gasteiger charge is -2.22. The second-order valence-electron chi connectivity index (χ2n) is 8.82. The minimum Gasteiger partial charge on any atom is -0.382 e. The second kappa shape index (κ2) is 13.4. The van der Waals surface area contributed by atoms with Crippen molar-refractivity contribution in [1.82, 2.24) is 9.88 Å². The summed E-state index contributed by atoms with van der Waals surface area (Å²) in [5, 5.41) is 9.74. The summed E-state index contributed by atoms with van der Waals surface area (Å²) in [5.74, 6) is 1.91. The van der Waals surface area contributed by atoms with Gasteiger partial charge in [-0.2, -0.15) is 0 Å². The van der Waals surface area contributed by atoms with Gasteiger partial charge in [-0.25, -0.2) is 4.98 Å². The number of anilines is 2. The first-order valence-corrected chi connectivity index (χ1v) is 13.3. The van der Waals surface area contributed by atoms with Crippen LogP contribution in [0.25, 0.3) is 0 Å². The molecule has 3 rings (SSSR count). The Kier molecular flexibility index (Phi) is 11.3. The van der Waals surface area contributed by atoms with E-state index in [1.807, 2.05) is 31.1 Å². The third kappa shape index (κ3) is 8.56. The van der Waals surface area contributed by atoms with Crippen LogP contribution in [0.2, 0.25) is 5.02 Å². The summed E-state index contributed by atoms with van der Waals surface area (Å²) in [5.41, 5.74) is 7.55. The van der Waals surface area contributed by atoms with E-state index in [4.69, 9.17) is 22.5 Å². The number of carbonyl (C=O) groups is 1. The maximum Gasteiger partial charge on any atom is 0.208 e. The smallest absolute Gasteiger partial charge is 0.208 e. The van der Waals surface area contributed by atoms with Crippen molar-refractivity contribution >= 4 is 51.6 Å². The van der Waals surface area contributed by atoms with Gasteiger partial charge in [0.15, 0.2) is 5.13 Å². The Morgan fingerprint density at radius 2 is 2.00 bits per heavy atom. The number of ketones is 1. The third-order valence-corrected chi connectivity index (χ3v) is 7.19. The maximum absolute atomic E-state index is 13.0. The Labute approximate surface area is 205 Å². The van der Waals surface area contributed by atoms with Gasteiger partial charge in [-0.3, -0.25) is 9.93 Å². The Morgan fingerprint density at radius 3 is 2.56 bits per heavy atom. The number of hydrogen-bond donors (Lipinski definition) is 3. The van der Waals surface area contributed by atoms with E-state index in [1.54, 1.807) is 6.07 Å². The van der Waals surface area contributed by atoms with Gasteiger partial charge in [-0.15, -0.1) is 0 Å². The average Bonchev–Trinajstić information content (AvgIpc) is 3.09. The van der Waals surface area contributed by atoms with Gasteiger partial charge >= 0.3 is 0 Å². The molecule has 1 saturated carbocycles. The number of halogens is 1. The Hall–Kier alpha value is -1.32. The molecule has 0 atom stereocenters. The zero-order valence-corrected chi connectivity index (χ0v) is 21.9. The molecular formula is C23H36ClN5OS2. The van der Waals surface area contributed by atoms with Gasteiger partial charge < -0.3 is 16.0 Å². The van der Waals surface area contributed by atoms with Gasteiger partial charge in [-0.05, 0) is 50.6 Å². The SMILES string of the molecule is CC(C)CSN.CN(C)Cc1ccc(Cl)c(C(=O)c2sc(NC3CCCCC3)nc2N)c1. The number of nitrogens with zero attached hydrogens (tertiary/aromatic N) is 2. The lowest BCUT2D eigenvalue weighted by Crippen LogP contribution is -2.22. The molecular weight excluding hydrogens is 462 g/mol. The number of hydrogen-bond acceptors (Lipinski definition) is 8. The molecule has 1 heterocycles. The number of nitrogens with two attached hydrogens (primary N) is 2. The Morgan fingerprint density at radius 1 is 1.31 bits per heavy atom. The topological polar surface area (TPSA) is 97.3 Å². The van der Waals surface area contributed by atoms with Crippen LogP contribution in [0.5, 0.6) is 0 Å². The zero-order valence-electron chi connectivity index (χ0n) is 19.5. The summed E-state index contributed by atoms with van der Waals surface area (Å²) in [4.78, 5) is 19.9. The molecule has 0 saturated heterocycles. The lowest BCUT2D eigenvalue weighted by atomic mass is 9.96. The summed E-state index contributed by atoms with van der Waals surface area (Å²) in [6.45, 7) is 5.05. The predicted octanol–water partition coefficient (Wildman–Crippen LogP) is 5.67. The number of thiazole rings is 1. The quantitative estimate of drug-likeness (QED) is 0.319. The van der Waals surface area contributed by atoms with Crippen molar-refractivity contribution in [2.45, 2.75) is 58.5 Å². The van der Waals surface area contributed by atoms with Crippen molar-refractivity contribution in [3.63, 3.8) is 0 Å². The van der Waals surface area contributed by atoms with E-state index in [1.165, 1.54) is 42.5 Å². The molecule has 6 nitrogen and oxygen atoms in total. The molecule has 1 aliphatic rings.